The van der Waals surface area contributed by atoms with Crippen LogP contribution in [0.25, 0.3) is 22.2 Å². The standard InChI is InChI=1S/C25H24N4O3/c1-2-32-20-12-8-18(9-13-20)27-22(30)15-28-14-21(17-6-4-3-5-7-17)23-24(28)25(31)29(16-26-23)19-10-11-19/h3-9,12-14,16,19H,2,10-11,15H2,1H3,(H,27,30). The van der Waals surface area contributed by atoms with Crippen LogP contribution in [-0.4, -0.2) is 26.6 Å². The van der Waals surface area contributed by atoms with E-state index in [-0.39, 0.29) is 24.1 Å². The first-order chi connectivity index (χ1) is 15.6. The lowest BCUT2D eigenvalue weighted by molar-refractivity contribution is -0.116. The van der Waals surface area contributed by atoms with Crippen LogP contribution < -0.4 is 15.6 Å². The van der Waals surface area contributed by atoms with Gasteiger partial charge >= 0.3 is 0 Å². The maximum Gasteiger partial charge on any atom is 0.278 e. The number of anilines is 1. The summed E-state index contributed by atoms with van der Waals surface area (Å²) in [6, 6.07) is 17.2. The van der Waals surface area contributed by atoms with Gasteiger partial charge in [-0.2, -0.15) is 0 Å². The minimum atomic E-state index is -0.216. The fraction of sp³-hybridized carbons (Fsp3) is 0.240. The van der Waals surface area contributed by atoms with Crippen molar-refractivity contribution in [3.05, 3.63) is 77.5 Å². The van der Waals surface area contributed by atoms with Crippen molar-refractivity contribution in [2.24, 2.45) is 0 Å². The normalized spacial score (nSPS) is 13.3. The van der Waals surface area contributed by atoms with Gasteiger partial charge in [0.2, 0.25) is 5.91 Å². The second kappa shape index (κ2) is 8.34. The van der Waals surface area contributed by atoms with Crippen molar-refractivity contribution >= 4 is 22.6 Å². The maximum absolute atomic E-state index is 13.3. The summed E-state index contributed by atoms with van der Waals surface area (Å²) in [6.07, 6.45) is 5.46. The molecule has 1 aliphatic rings. The summed E-state index contributed by atoms with van der Waals surface area (Å²) >= 11 is 0. The average molecular weight is 428 g/mol. The second-order valence-electron chi connectivity index (χ2n) is 7.93. The van der Waals surface area contributed by atoms with Crippen molar-refractivity contribution in [1.29, 1.82) is 0 Å². The summed E-state index contributed by atoms with van der Waals surface area (Å²) in [5, 5.41) is 2.90. The highest BCUT2D eigenvalue weighted by Crippen LogP contribution is 2.34. The number of nitrogens with one attached hydrogen (secondary N) is 1. The number of ether oxygens (including phenoxy) is 1. The maximum atomic E-state index is 13.3. The first-order valence-corrected chi connectivity index (χ1v) is 10.8. The molecule has 5 rings (SSSR count). The van der Waals surface area contributed by atoms with Crippen LogP contribution >= 0.6 is 0 Å². The van der Waals surface area contributed by atoms with Crippen LogP contribution in [0.15, 0.2) is 71.9 Å². The summed E-state index contributed by atoms with van der Waals surface area (Å²) in [6.45, 7) is 2.53. The Bertz CT molecular complexity index is 1320. The predicted octanol–water partition coefficient (Wildman–Crippen LogP) is 4.24. The van der Waals surface area contributed by atoms with Gasteiger partial charge in [-0.1, -0.05) is 30.3 Å². The van der Waals surface area contributed by atoms with Gasteiger partial charge in [0.25, 0.3) is 5.56 Å². The predicted molar refractivity (Wildman–Crippen MR) is 124 cm³/mol. The van der Waals surface area contributed by atoms with E-state index in [0.29, 0.717) is 23.3 Å². The second-order valence-corrected chi connectivity index (χ2v) is 7.93. The Labute approximate surface area is 185 Å². The van der Waals surface area contributed by atoms with Crippen molar-refractivity contribution < 1.29 is 9.53 Å². The number of amides is 1. The molecule has 0 saturated heterocycles. The molecule has 0 atom stereocenters. The number of nitrogens with zero attached hydrogens (tertiary/aromatic N) is 3. The molecule has 2 aromatic heterocycles. The molecule has 2 aromatic carbocycles. The fourth-order valence-electron chi connectivity index (χ4n) is 3.92. The molecule has 0 spiro atoms. The third-order valence-electron chi connectivity index (χ3n) is 5.59. The Balaban J connectivity index is 1.49. The molecule has 7 nitrogen and oxygen atoms in total. The highest BCUT2D eigenvalue weighted by atomic mass is 16.5. The van der Waals surface area contributed by atoms with Gasteiger partial charge in [0, 0.05) is 23.5 Å². The molecule has 0 unspecified atom stereocenters. The molecule has 1 amide bonds. The summed E-state index contributed by atoms with van der Waals surface area (Å²) in [5.74, 6) is 0.535. The van der Waals surface area contributed by atoms with Crippen LogP contribution in [0.1, 0.15) is 25.8 Å². The molecule has 0 bridgehead atoms. The highest BCUT2D eigenvalue weighted by Gasteiger charge is 2.27. The van der Waals surface area contributed by atoms with E-state index in [2.05, 4.69) is 10.3 Å². The number of fused-ring (bicyclic) bond motifs is 1. The van der Waals surface area contributed by atoms with Crippen LogP contribution in [0.2, 0.25) is 0 Å². The Kier molecular flexibility index (Phi) is 5.23. The third-order valence-corrected chi connectivity index (χ3v) is 5.59. The lowest BCUT2D eigenvalue weighted by Crippen LogP contribution is -2.24. The smallest absolute Gasteiger partial charge is 0.278 e. The molecule has 2 heterocycles. The van der Waals surface area contributed by atoms with Gasteiger partial charge in [0.1, 0.15) is 23.3 Å². The van der Waals surface area contributed by atoms with E-state index < -0.39 is 0 Å². The monoisotopic (exact) mass is 428 g/mol. The third kappa shape index (κ3) is 3.89. The van der Waals surface area contributed by atoms with E-state index >= 15 is 0 Å². The zero-order valence-corrected chi connectivity index (χ0v) is 17.8. The van der Waals surface area contributed by atoms with Crippen molar-refractivity contribution in [2.45, 2.75) is 32.4 Å². The quantitative estimate of drug-likeness (QED) is 0.478. The highest BCUT2D eigenvalue weighted by molar-refractivity contribution is 5.95. The molecular weight excluding hydrogens is 404 g/mol. The molecule has 1 aliphatic carbocycles. The van der Waals surface area contributed by atoms with Gasteiger partial charge < -0.3 is 14.6 Å². The zero-order chi connectivity index (χ0) is 22.1. The molecule has 1 fully saturated rings. The molecule has 32 heavy (non-hydrogen) atoms. The number of rotatable bonds is 7. The molecule has 4 aromatic rings. The van der Waals surface area contributed by atoms with Gasteiger partial charge in [-0.05, 0) is 49.6 Å². The van der Waals surface area contributed by atoms with Crippen molar-refractivity contribution in [2.75, 3.05) is 11.9 Å². The lowest BCUT2D eigenvalue weighted by Gasteiger charge is -2.09. The molecule has 162 valence electrons. The Morgan fingerprint density at radius 1 is 1.12 bits per heavy atom. The summed E-state index contributed by atoms with van der Waals surface area (Å²) in [5.41, 5.74) is 3.45. The van der Waals surface area contributed by atoms with E-state index in [4.69, 9.17) is 4.74 Å². The molecule has 1 N–H and O–H groups in total. The van der Waals surface area contributed by atoms with Gasteiger partial charge in [-0.25, -0.2) is 4.98 Å². The number of carbonyl (C=O) groups excluding carboxylic acids is 1. The zero-order valence-electron chi connectivity index (χ0n) is 17.8. The lowest BCUT2D eigenvalue weighted by atomic mass is 10.1. The first kappa shape index (κ1) is 20.1. The summed E-state index contributed by atoms with van der Waals surface area (Å²) in [4.78, 5) is 30.7. The van der Waals surface area contributed by atoms with E-state index in [1.54, 1.807) is 27.6 Å². The fourth-order valence-corrected chi connectivity index (χ4v) is 3.92. The number of aromatic nitrogens is 3. The van der Waals surface area contributed by atoms with Gasteiger partial charge in [0.05, 0.1) is 12.9 Å². The average Bonchev–Trinajstić information content (AvgIpc) is 3.58. The Hall–Kier alpha value is -3.87. The van der Waals surface area contributed by atoms with Crippen molar-refractivity contribution in [3.8, 4) is 16.9 Å². The van der Waals surface area contributed by atoms with Crippen molar-refractivity contribution in [1.82, 2.24) is 14.1 Å². The van der Waals surface area contributed by atoms with E-state index in [1.165, 1.54) is 0 Å². The van der Waals surface area contributed by atoms with E-state index in [0.717, 1.165) is 29.7 Å². The van der Waals surface area contributed by atoms with Crippen LogP contribution in [0, 0.1) is 0 Å². The van der Waals surface area contributed by atoms with Crippen molar-refractivity contribution in [3.63, 3.8) is 0 Å². The van der Waals surface area contributed by atoms with Gasteiger partial charge in [0.15, 0.2) is 0 Å². The molecule has 0 radical (unpaired) electrons. The minimum absolute atomic E-state index is 0.0160. The van der Waals surface area contributed by atoms with E-state index in [9.17, 15) is 9.59 Å². The number of benzene rings is 2. The number of hydrogen-bond acceptors (Lipinski definition) is 4. The Morgan fingerprint density at radius 2 is 1.88 bits per heavy atom. The largest absolute Gasteiger partial charge is 0.494 e. The van der Waals surface area contributed by atoms with Gasteiger partial charge in [-0.3, -0.25) is 14.2 Å². The van der Waals surface area contributed by atoms with Crippen LogP contribution in [0.4, 0.5) is 5.69 Å². The molecule has 7 heteroatoms. The van der Waals surface area contributed by atoms with Gasteiger partial charge in [-0.15, -0.1) is 0 Å². The number of hydrogen-bond donors (Lipinski definition) is 1. The van der Waals surface area contributed by atoms with E-state index in [1.807, 2.05) is 55.6 Å². The first-order valence-electron chi connectivity index (χ1n) is 10.8. The molecule has 0 aliphatic heterocycles. The Morgan fingerprint density at radius 3 is 2.56 bits per heavy atom. The molecular formula is C25H24N4O3. The van der Waals surface area contributed by atoms with Crippen LogP contribution in [-0.2, 0) is 11.3 Å². The van der Waals surface area contributed by atoms with Crippen LogP contribution in [0.3, 0.4) is 0 Å². The summed E-state index contributed by atoms with van der Waals surface area (Å²) < 4.78 is 8.85. The minimum Gasteiger partial charge on any atom is -0.494 e. The van der Waals surface area contributed by atoms with Crippen LogP contribution in [0.5, 0.6) is 5.75 Å². The summed E-state index contributed by atoms with van der Waals surface area (Å²) in [7, 11) is 0. The number of carbonyl (C=O) groups is 1. The topological polar surface area (TPSA) is 78.2 Å². The molecule has 1 saturated carbocycles. The SMILES string of the molecule is CCOc1ccc(NC(=O)Cn2cc(-c3ccccc3)c3ncn(C4CC4)c(=O)c32)cc1.